The predicted molar refractivity (Wildman–Crippen MR) is 80.8 cm³/mol. The first kappa shape index (κ1) is 14.6. The summed E-state index contributed by atoms with van der Waals surface area (Å²) in [6.07, 6.45) is 0. The van der Waals surface area contributed by atoms with E-state index in [9.17, 15) is 9.90 Å². The van der Waals surface area contributed by atoms with E-state index in [0.717, 1.165) is 0 Å². The first-order valence-corrected chi connectivity index (χ1v) is 6.39. The van der Waals surface area contributed by atoms with Crippen molar-refractivity contribution >= 4 is 11.6 Å². The first-order chi connectivity index (χ1) is 10.1. The van der Waals surface area contributed by atoms with E-state index in [-0.39, 0.29) is 11.7 Å². The van der Waals surface area contributed by atoms with Crippen LogP contribution >= 0.6 is 0 Å². The smallest absolute Gasteiger partial charge is 0.271 e. The van der Waals surface area contributed by atoms with Crippen LogP contribution in [0.25, 0.3) is 0 Å². The largest absolute Gasteiger partial charge is 0.507 e. The summed E-state index contributed by atoms with van der Waals surface area (Å²) in [6.45, 7) is 1.71. The van der Waals surface area contributed by atoms with Gasteiger partial charge in [0.1, 0.15) is 11.5 Å². The van der Waals surface area contributed by atoms with Crippen LogP contribution in [-0.4, -0.2) is 23.8 Å². The number of hydrogen-bond donors (Lipinski definition) is 2. The van der Waals surface area contributed by atoms with Crippen molar-refractivity contribution in [2.24, 2.45) is 5.10 Å². The number of phenols is 1. The lowest BCUT2D eigenvalue weighted by molar-refractivity contribution is 0.0954. The van der Waals surface area contributed by atoms with E-state index in [0.29, 0.717) is 22.6 Å². The molecule has 2 aromatic rings. The van der Waals surface area contributed by atoms with Crippen molar-refractivity contribution in [1.29, 1.82) is 0 Å². The number of nitrogens with one attached hydrogen (secondary N) is 1. The molecule has 0 bridgehead atoms. The number of hydrogen-bond acceptors (Lipinski definition) is 4. The molecule has 0 saturated carbocycles. The van der Waals surface area contributed by atoms with Gasteiger partial charge in [0, 0.05) is 11.1 Å². The Hall–Kier alpha value is -2.82. The quantitative estimate of drug-likeness (QED) is 0.669. The van der Waals surface area contributed by atoms with E-state index in [2.05, 4.69) is 10.5 Å². The standard InChI is InChI=1S/C16H16N2O3/c1-11(14-8-3-4-9-15(14)19)17-18-16(20)12-6-5-7-13(10-12)21-2/h3-10,19H,1-2H3,(H,18,20). The van der Waals surface area contributed by atoms with Gasteiger partial charge < -0.3 is 9.84 Å². The minimum Gasteiger partial charge on any atom is -0.507 e. The predicted octanol–water partition coefficient (Wildman–Crippen LogP) is 2.55. The molecule has 0 fully saturated rings. The van der Waals surface area contributed by atoms with E-state index in [1.807, 2.05) is 0 Å². The fraction of sp³-hybridized carbons (Fsp3) is 0.125. The number of amides is 1. The second kappa shape index (κ2) is 6.56. The number of nitrogens with zero attached hydrogens (tertiary/aromatic N) is 1. The number of hydrazone groups is 1. The molecule has 2 N–H and O–H groups in total. The molecule has 0 radical (unpaired) electrons. The second-order valence-corrected chi connectivity index (χ2v) is 4.39. The molecular weight excluding hydrogens is 268 g/mol. The normalized spacial score (nSPS) is 11.0. The molecule has 0 spiro atoms. The van der Waals surface area contributed by atoms with Crippen molar-refractivity contribution in [2.45, 2.75) is 6.92 Å². The molecule has 21 heavy (non-hydrogen) atoms. The molecule has 0 aliphatic rings. The van der Waals surface area contributed by atoms with Gasteiger partial charge in [-0.3, -0.25) is 4.79 Å². The van der Waals surface area contributed by atoms with Crippen molar-refractivity contribution in [3.05, 3.63) is 59.7 Å². The number of aromatic hydroxyl groups is 1. The Morgan fingerprint density at radius 1 is 1.19 bits per heavy atom. The van der Waals surface area contributed by atoms with Gasteiger partial charge in [0.05, 0.1) is 12.8 Å². The highest BCUT2D eigenvalue weighted by molar-refractivity contribution is 6.02. The Morgan fingerprint density at radius 2 is 1.95 bits per heavy atom. The fourth-order valence-electron chi connectivity index (χ4n) is 1.80. The zero-order valence-electron chi connectivity index (χ0n) is 11.8. The topological polar surface area (TPSA) is 70.9 Å². The summed E-state index contributed by atoms with van der Waals surface area (Å²) in [4.78, 5) is 12.0. The van der Waals surface area contributed by atoms with Crippen LogP contribution in [0.15, 0.2) is 53.6 Å². The van der Waals surface area contributed by atoms with Crippen LogP contribution in [0.5, 0.6) is 11.5 Å². The molecule has 0 saturated heterocycles. The number of carbonyl (C=O) groups excluding carboxylic acids is 1. The zero-order chi connectivity index (χ0) is 15.2. The van der Waals surface area contributed by atoms with Crippen LogP contribution in [0.3, 0.4) is 0 Å². The van der Waals surface area contributed by atoms with Gasteiger partial charge in [0.2, 0.25) is 0 Å². The molecular formula is C16H16N2O3. The Labute approximate surface area is 122 Å². The van der Waals surface area contributed by atoms with Crippen molar-refractivity contribution in [3.8, 4) is 11.5 Å². The SMILES string of the molecule is COc1cccc(C(=O)NN=C(C)c2ccccc2O)c1. The highest BCUT2D eigenvalue weighted by Crippen LogP contribution is 2.16. The van der Waals surface area contributed by atoms with Crippen LogP contribution < -0.4 is 10.2 Å². The lowest BCUT2D eigenvalue weighted by Gasteiger charge is -2.05. The number of phenolic OH excluding ortho intramolecular Hbond substituents is 1. The van der Waals surface area contributed by atoms with Crippen molar-refractivity contribution in [3.63, 3.8) is 0 Å². The van der Waals surface area contributed by atoms with Crippen LogP contribution in [0.2, 0.25) is 0 Å². The van der Waals surface area contributed by atoms with E-state index in [1.54, 1.807) is 55.5 Å². The van der Waals surface area contributed by atoms with E-state index < -0.39 is 0 Å². The molecule has 5 heteroatoms. The third-order valence-electron chi connectivity index (χ3n) is 2.95. The summed E-state index contributed by atoms with van der Waals surface area (Å²) in [6, 6.07) is 13.6. The molecule has 5 nitrogen and oxygen atoms in total. The average Bonchev–Trinajstić information content (AvgIpc) is 2.52. The Kier molecular flexibility index (Phi) is 4.56. The molecule has 0 atom stereocenters. The molecule has 0 aromatic heterocycles. The van der Waals surface area contributed by atoms with Crippen LogP contribution in [0.1, 0.15) is 22.8 Å². The van der Waals surface area contributed by atoms with Crippen LogP contribution in [0.4, 0.5) is 0 Å². The molecule has 1 amide bonds. The number of carbonyl (C=O) groups is 1. The van der Waals surface area contributed by atoms with Gasteiger partial charge in [-0.05, 0) is 37.3 Å². The summed E-state index contributed by atoms with van der Waals surface area (Å²) in [5.74, 6) is 0.377. The van der Waals surface area contributed by atoms with Gasteiger partial charge in [-0.15, -0.1) is 0 Å². The number of benzene rings is 2. The second-order valence-electron chi connectivity index (χ2n) is 4.39. The third kappa shape index (κ3) is 3.60. The monoisotopic (exact) mass is 284 g/mol. The summed E-state index contributed by atoms with van der Waals surface area (Å²) >= 11 is 0. The first-order valence-electron chi connectivity index (χ1n) is 6.39. The Bertz CT molecular complexity index is 681. The number of methoxy groups -OCH3 is 1. The Balaban J connectivity index is 2.13. The van der Waals surface area contributed by atoms with Gasteiger partial charge in [0.15, 0.2) is 0 Å². The molecule has 0 heterocycles. The van der Waals surface area contributed by atoms with E-state index in [4.69, 9.17) is 4.74 Å². The minimum atomic E-state index is -0.344. The summed E-state index contributed by atoms with van der Waals surface area (Å²) in [5, 5.41) is 13.7. The molecule has 0 aliphatic carbocycles. The van der Waals surface area contributed by atoms with Gasteiger partial charge >= 0.3 is 0 Å². The molecule has 2 aromatic carbocycles. The average molecular weight is 284 g/mol. The third-order valence-corrected chi connectivity index (χ3v) is 2.95. The summed E-state index contributed by atoms with van der Waals surface area (Å²) < 4.78 is 5.07. The number of rotatable bonds is 4. The maximum atomic E-state index is 12.0. The van der Waals surface area contributed by atoms with Gasteiger partial charge in [0.25, 0.3) is 5.91 Å². The lowest BCUT2D eigenvalue weighted by Crippen LogP contribution is -2.19. The van der Waals surface area contributed by atoms with Crippen molar-refractivity contribution in [2.75, 3.05) is 7.11 Å². The molecule has 108 valence electrons. The number of ether oxygens (including phenoxy) is 1. The zero-order valence-corrected chi connectivity index (χ0v) is 11.8. The van der Waals surface area contributed by atoms with Gasteiger partial charge in [-0.2, -0.15) is 5.10 Å². The highest BCUT2D eigenvalue weighted by Gasteiger charge is 2.07. The van der Waals surface area contributed by atoms with Gasteiger partial charge in [-0.25, -0.2) is 5.43 Å². The highest BCUT2D eigenvalue weighted by atomic mass is 16.5. The van der Waals surface area contributed by atoms with Crippen molar-refractivity contribution in [1.82, 2.24) is 5.43 Å². The lowest BCUT2D eigenvalue weighted by atomic mass is 10.1. The maximum absolute atomic E-state index is 12.0. The van der Waals surface area contributed by atoms with Gasteiger partial charge in [-0.1, -0.05) is 18.2 Å². The minimum absolute atomic E-state index is 0.120. The summed E-state index contributed by atoms with van der Waals surface area (Å²) in [7, 11) is 1.54. The van der Waals surface area contributed by atoms with E-state index in [1.165, 1.54) is 7.11 Å². The number of para-hydroxylation sites is 1. The maximum Gasteiger partial charge on any atom is 0.271 e. The van der Waals surface area contributed by atoms with Crippen molar-refractivity contribution < 1.29 is 14.6 Å². The van der Waals surface area contributed by atoms with E-state index >= 15 is 0 Å². The summed E-state index contributed by atoms with van der Waals surface area (Å²) in [5.41, 5.74) is 4.00. The molecule has 2 rings (SSSR count). The fourth-order valence-corrected chi connectivity index (χ4v) is 1.80. The van der Waals surface area contributed by atoms with Crippen LogP contribution in [-0.2, 0) is 0 Å². The Morgan fingerprint density at radius 3 is 2.67 bits per heavy atom. The molecule has 0 unspecified atom stereocenters. The van der Waals surface area contributed by atoms with Crippen LogP contribution in [0, 0.1) is 0 Å². The molecule has 0 aliphatic heterocycles.